The van der Waals surface area contributed by atoms with E-state index in [-0.39, 0.29) is 24.0 Å². The third kappa shape index (κ3) is 8.55. The predicted octanol–water partition coefficient (Wildman–Crippen LogP) is 4.50. The number of nitrogens with zero attached hydrogens (tertiary/aromatic N) is 1. The van der Waals surface area contributed by atoms with Crippen LogP contribution in [0.2, 0.25) is 10.0 Å². The molecule has 0 saturated heterocycles. The van der Waals surface area contributed by atoms with Crippen LogP contribution >= 0.6 is 47.2 Å². The monoisotopic (exact) mass is 523 g/mol. The molecule has 2 aromatic carbocycles. The van der Waals surface area contributed by atoms with Crippen molar-refractivity contribution >= 4 is 53.1 Å². The standard InChI is InChI=1S/C19H23Cl2N3O2.HI/c1-22-19(24-13-15-5-6-16(20)11-18(15)21)23-12-14-3-7-17(8-4-14)26-10-9-25-2;/h3-8,11H,9-10,12-13H2,1-2H3,(H2,22,23,24);1H. The average Bonchev–Trinajstić information content (AvgIpc) is 2.64. The highest BCUT2D eigenvalue weighted by Crippen LogP contribution is 2.20. The van der Waals surface area contributed by atoms with Gasteiger partial charge in [0.25, 0.3) is 0 Å². The minimum atomic E-state index is 0. The number of methoxy groups -OCH3 is 1. The van der Waals surface area contributed by atoms with E-state index in [0.717, 1.165) is 16.9 Å². The number of rotatable bonds is 8. The van der Waals surface area contributed by atoms with E-state index in [1.54, 1.807) is 20.2 Å². The van der Waals surface area contributed by atoms with E-state index in [1.165, 1.54) is 0 Å². The molecule has 0 aromatic heterocycles. The van der Waals surface area contributed by atoms with E-state index >= 15 is 0 Å². The summed E-state index contributed by atoms with van der Waals surface area (Å²) in [5, 5.41) is 7.75. The molecule has 5 nitrogen and oxygen atoms in total. The van der Waals surface area contributed by atoms with Gasteiger partial charge in [-0.1, -0.05) is 41.4 Å². The van der Waals surface area contributed by atoms with Gasteiger partial charge in [0.1, 0.15) is 12.4 Å². The first-order valence-electron chi connectivity index (χ1n) is 8.21. The van der Waals surface area contributed by atoms with Crippen LogP contribution in [-0.2, 0) is 17.8 Å². The minimum absolute atomic E-state index is 0. The molecule has 0 fully saturated rings. The van der Waals surface area contributed by atoms with Gasteiger partial charge in [-0.15, -0.1) is 24.0 Å². The van der Waals surface area contributed by atoms with Gasteiger partial charge >= 0.3 is 0 Å². The number of nitrogens with one attached hydrogen (secondary N) is 2. The fourth-order valence-electron chi connectivity index (χ4n) is 2.20. The Bertz CT molecular complexity index is 727. The van der Waals surface area contributed by atoms with E-state index in [1.807, 2.05) is 36.4 Å². The van der Waals surface area contributed by atoms with Gasteiger partial charge < -0.3 is 20.1 Å². The summed E-state index contributed by atoms with van der Waals surface area (Å²) in [5.41, 5.74) is 2.08. The molecule has 0 saturated carbocycles. The van der Waals surface area contributed by atoms with Gasteiger partial charge in [0.2, 0.25) is 0 Å². The normalized spacial score (nSPS) is 10.9. The molecular formula is C19H24Cl2IN3O2. The van der Waals surface area contributed by atoms with Gasteiger partial charge in [-0.2, -0.15) is 0 Å². The van der Waals surface area contributed by atoms with E-state index < -0.39 is 0 Å². The Morgan fingerprint density at radius 1 is 1.00 bits per heavy atom. The Morgan fingerprint density at radius 3 is 2.33 bits per heavy atom. The number of guanidine groups is 1. The lowest BCUT2D eigenvalue weighted by Crippen LogP contribution is -2.36. The second-order valence-corrected chi connectivity index (χ2v) is 6.34. The zero-order valence-electron chi connectivity index (χ0n) is 15.3. The van der Waals surface area contributed by atoms with Crippen molar-refractivity contribution in [2.75, 3.05) is 27.4 Å². The lowest BCUT2D eigenvalue weighted by atomic mass is 10.2. The van der Waals surface area contributed by atoms with Crippen LogP contribution in [-0.4, -0.2) is 33.3 Å². The highest BCUT2D eigenvalue weighted by atomic mass is 127. The van der Waals surface area contributed by atoms with Gasteiger partial charge in [0.05, 0.1) is 6.61 Å². The highest BCUT2D eigenvalue weighted by Gasteiger charge is 2.04. The van der Waals surface area contributed by atoms with Crippen molar-refractivity contribution in [2.24, 2.45) is 4.99 Å². The summed E-state index contributed by atoms with van der Waals surface area (Å²) in [6, 6.07) is 13.3. The maximum absolute atomic E-state index is 6.18. The van der Waals surface area contributed by atoms with E-state index in [4.69, 9.17) is 32.7 Å². The van der Waals surface area contributed by atoms with Crippen LogP contribution in [0, 0.1) is 0 Å². The Balaban J connectivity index is 0.00000364. The van der Waals surface area contributed by atoms with Gasteiger partial charge in [-0.25, -0.2) is 0 Å². The van der Waals surface area contributed by atoms with Crippen molar-refractivity contribution in [3.8, 4) is 5.75 Å². The van der Waals surface area contributed by atoms with Gasteiger partial charge in [0, 0.05) is 37.3 Å². The van der Waals surface area contributed by atoms with E-state index in [0.29, 0.717) is 42.3 Å². The van der Waals surface area contributed by atoms with Crippen molar-refractivity contribution in [1.82, 2.24) is 10.6 Å². The van der Waals surface area contributed by atoms with Crippen LogP contribution in [0.5, 0.6) is 5.75 Å². The molecule has 0 bridgehead atoms. The average molecular weight is 524 g/mol. The number of hydrogen-bond acceptors (Lipinski definition) is 3. The summed E-state index contributed by atoms with van der Waals surface area (Å²) in [6.07, 6.45) is 0. The Labute approximate surface area is 187 Å². The maximum Gasteiger partial charge on any atom is 0.191 e. The second kappa shape index (κ2) is 13.0. The summed E-state index contributed by atoms with van der Waals surface area (Å²) >= 11 is 12.1. The Morgan fingerprint density at radius 2 is 1.70 bits per heavy atom. The molecule has 8 heteroatoms. The van der Waals surface area contributed by atoms with Crippen LogP contribution in [0.15, 0.2) is 47.5 Å². The van der Waals surface area contributed by atoms with Crippen LogP contribution in [0.4, 0.5) is 0 Å². The molecule has 0 amide bonds. The third-order valence-corrected chi connectivity index (χ3v) is 4.21. The fourth-order valence-corrected chi connectivity index (χ4v) is 2.67. The summed E-state index contributed by atoms with van der Waals surface area (Å²) in [6.45, 7) is 2.31. The number of hydrogen-bond donors (Lipinski definition) is 2. The summed E-state index contributed by atoms with van der Waals surface area (Å²) in [7, 11) is 3.38. The highest BCUT2D eigenvalue weighted by molar-refractivity contribution is 14.0. The third-order valence-electron chi connectivity index (χ3n) is 3.62. The fraction of sp³-hybridized carbons (Fsp3) is 0.316. The van der Waals surface area contributed by atoms with Gasteiger partial charge in [0.15, 0.2) is 5.96 Å². The molecule has 2 rings (SSSR count). The van der Waals surface area contributed by atoms with Crippen LogP contribution in [0.1, 0.15) is 11.1 Å². The van der Waals surface area contributed by atoms with E-state index in [9.17, 15) is 0 Å². The van der Waals surface area contributed by atoms with Crippen molar-refractivity contribution in [1.29, 1.82) is 0 Å². The van der Waals surface area contributed by atoms with Crippen molar-refractivity contribution < 1.29 is 9.47 Å². The molecule has 2 N–H and O–H groups in total. The lowest BCUT2D eigenvalue weighted by molar-refractivity contribution is 0.146. The summed E-state index contributed by atoms with van der Waals surface area (Å²) in [5.74, 6) is 1.52. The first kappa shape index (κ1) is 23.8. The molecule has 0 heterocycles. The Kier molecular flexibility index (Phi) is 11.5. The molecule has 0 aliphatic rings. The summed E-state index contributed by atoms with van der Waals surface area (Å²) in [4.78, 5) is 4.22. The number of benzene rings is 2. The first-order valence-corrected chi connectivity index (χ1v) is 8.97. The topological polar surface area (TPSA) is 54.9 Å². The van der Waals surface area contributed by atoms with Crippen molar-refractivity contribution in [3.63, 3.8) is 0 Å². The zero-order valence-corrected chi connectivity index (χ0v) is 19.1. The van der Waals surface area contributed by atoms with E-state index in [2.05, 4.69) is 15.6 Å². The molecule has 27 heavy (non-hydrogen) atoms. The number of halogens is 3. The van der Waals surface area contributed by atoms with Crippen molar-refractivity contribution in [3.05, 3.63) is 63.6 Å². The molecule has 2 aromatic rings. The Hall–Kier alpha value is -1.22. The molecule has 0 spiro atoms. The minimum Gasteiger partial charge on any atom is -0.491 e. The van der Waals surface area contributed by atoms with Crippen LogP contribution in [0.3, 0.4) is 0 Å². The number of ether oxygens (including phenoxy) is 2. The molecule has 0 radical (unpaired) electrons. The van der Waals surface area contributed by atoms with Crippen molar-refractivity contribution in [2.45, 2.75) is 13.1 Å². The first-order chi connectivity index (χ1) is 12.6. The largest absolute Gasteiger partial charge is 0.491 e. The molecule has 148 valence electrons. The quantitative estimate of drug-likeness (QED) is 0.231. The molecule has 0 unspecified atom stereocenters. The summed E-state index contributed by atoms with van der Waals surface area (Å²) < 4.78 is 10.5. The zero-order chi connectivity index (χ0) is 18.8. The SMILES string of the molecule is CN=C(NCc1ccc(OCCOC)cc1)NCc1ccc(Cl)cc1Cl.I. The molecule has 0 atom stereocenters. The molecular weight excluding hydrogens is 500 g/mol. The maximum atomic E-state index is 6.18. The molecule has 0 aliphatic heterocycles. The van der Waals surface area contributed by atoms with Gasteiger partial charge in [-0.3, -0.25) is 4.99 Å². The lowest BCUT2D eigenvalue weighted by Gasteiger charge is -2.13. The second-order valence-electron chi connectivity index (χ2n) is 5.50. The molecule has 0 aliphatic carbocycles. The van der Waals surface area contributed by atoms with Crippen LogP contribution in [0.25, 0.3) is 0 Å². The number of aliphatic imine (C=N–C) groups is 1. The predicted molar refractivity (Wildman–Crippen MR) is 123 cm³/mol. The van der Waals surface area contributed by atoms with Gasteiger partial charge in [-0.05, 0) is 35.4 Å². The smallest absolute Gasteiger partial charge is 0.191 e. The van der Waals surface area contributed by atoms with Crippen LogP contribution < -0.4 is 15.4 Å².